The Labute approximate surface area is 120 Å². The number of rotatable bonds is 5. The largest absolute Gasteiger partial charge is 0.357 e. The Balaban J connectivity index is 2.10. The fourth-order valence-corrected chi connectivity index (χ4v) is 2.38. The van der Waals surface area contributed by atoms with Crippen LogP contribution in [0.2, 0.25) is 0 Å². The number of guanidine groups is 1. The summed E-state index contributed by atoms with van der Waals surface area (Å²) >= 11 is 0. The molecule has 3 nitrogen and oxygen atoms in total. The van der Waals surface area contributed by atoms with Gasteiger partial charge in [-0.3, -0.25) is 4.99 Å². The minimum absolute atomic E-state index is 0.0926. The zero-order valence-corrected chi connectivity index (χ0v) is 12.5. The highest BCUT2D eigenvalue weighted by atomic mass is 19.1. The Morgan fingerprint density at radius 3 is 2.60 bits per heavy atom. The molecule has 2 N–H and O–H groups in total. The molecule has 1 aliphatic carbocycles. The summed E-state index contributed by atoms with van der Waals surface area (Å²) < 4.78 is 13.9. The van der Waals surface area contributed by atoms with Crippen LogP contribution in [0.3, 0.4) is 0 Å². The van der Waals surface area contributed by atoms with Crippen LogP contribution in [0.4, 0.5) is 4.39 Å². The van der Waals surface area contributed by atoms with Crippen LogP contribution in [-0.4, -0.2) is 25.1 Å². The summed E-state index contributed by atoms with van der Waals surface area (Å²) in [5.74, 6) is 0.701. The molecule has 1 aromatic carbocycles. The van der Waals surface area contributed by atoms with E-state index in [1.165, 1.54) is 6.07 Å². The number of hydrogen-bond donors (Lipinski definition) is 2. The van der Waals surface area contributed by atoms with Crippen LogP contribution in [-0.2, 0) is 5.41 Å². The SMILES string of the molecule is CCNC(=NCC1(c2ccccc2F)CC1)NC(C)C. The van der Waals surface area contributed by atoms with Gasteiger partial charge in [-0.2, -0.15) is 0 Å². The first-order valence-electron chi connectivity index (χ1n) is 7.37. The van der Waals surface area contributed by atoms with Crippen LogP contribution >= 0.6 is 0 Å². The van der Waals surface area contributed by atoms with Crippen molar-refractivity contribution in [2.75, 3.05) is 13.1 Å². The van der Waals surface area contributed by atoms with Crippen molar-refractivity contribution in [1.82, 2.24) is 10.6 Å². The third-order valence-electron chi connectivity index (χ3n) is 3.61. The molecular weight excluding hydrogens is 253 g/mol. The fourth-order valence-electron chi connectivity index (χ4n) is 2.38. The van der Waals surface area contributed by atoms with E-state index in [1.807, 2.05) is 19.1 Å². The lowest BCUT2D eigenvalue weighted by Gasteiger charge is -2.17. The Hall–Kier alpha value is -1.58. The van der Waals surface area contributed by atoms with Gasteiger partial charge in [0, 0.05) is 18.0 Å². The summed E-state index contributed by atoms with van der Waals surface area (Å²) in [6.07, 6.45) is 2.02. The van der Waals surface area contributed by atoms with E-state index in [9.17, 15) is 4.39 Å². The molecule has 0 spiro atoms. The molecule has 20 heavy (non-hydrogen) atoms. The number of hydrogen-bond acceptors (Lipinski definition) is 1. The molecule has 1 aliphatic rings. The lowest BCUT2D eigenvalue weighted by Crippen LogP contribution is -2.41. The van der Waals surface area contributed by atoms with Gasteiger partial charge in [0.1, 0.15) is 5.82 Å². The molecule has 0 aliphatic heterocycles. The lowest BCUT2D eigenvalue weighted by molar-refractivity contribution is 0.571. The molecule has 0 bridgehead atoms. The molecule has 0 aromatic heterocycles. The zero-order chi connectivity index (χ0) is 14.6. The average molecular weight is 277 g/mol. The molecule has 1 saturated carbocycles. The summed E-state index contributed by atoms with van der Waals surface area (Å²) in [6.45, 7) is 7.66. The summed E-state index contributed by atoms with van der Waals surface area (Å²) in [5, 5.41) is 6.52. The highest BCUT2D eigenvalue weighted by Crippen LogP contribution is 2.49. The van der Waals surface area contributed by atoms with Gasteiger partial charge in [-0.15, -0.1) is 0 Å². The van der Waals surface area contributed by atoms with Crippen molar-refractivity contribution in [3.8, 4) is 0 Å². The van der Waals surface area contributed by atoms with E-state index in [4.69, 9.17) is 0 Å². The van der Waals surface area contributed by atoms with Gasteiger partial charge in [-0.25, -0.2) is 4.39 Å². The smallest absolute Gasteiger partial charge is 0.191 e. The topological polar surface area (TPSA) is 36.4 Å². The van der Waals surface area contributed by atoms with E-state index in [0.717, 1.165) is 30.9 Å². The van der Waals surface area contributed by atoms with Gasteiger partial charge in [-0.1, -0.05) is 18.2 Å². The third-order valence-corrected chi connectivity index (χ3v) is 3.61. The third kappa shape index (κ3) is 3.50. The molecule has 1 fully saturated rings. The molecule has 1 aromatic rings. The van der Waals surface area contributed by atoms with Crippen LogP contribution < -0.4 is 10.6 Å². The van der Waals surface area contributed by atoms with Crippen molar-refractivity contribution in [3.63, 3.8) is 0 Å². The summed E-state index contributed by atoms with van der Waals surface area (Å²) in [6, 6.07) is 7.40. The van der Waals surface area contributed by atoms with E-state index in [0.29, 0.717) is 12.6 Å². The monoisotopic (exact) mass is 277 g/mol. The molecule has 0 unspecified atom stereocenters. The first-order valence-corrected chi connectivity index (χ1v) is 7.37. The summed E-state index contributed by atoms with van der Waals surface area (Å²) in [5.41, 5.74) is 0.717. The highest BCUT2D eigenvalue weighted by molar-refractivity contribution is 5.80. The minimum atomic E-state index is -0.109. The first kappa shape index (κ1) is 14.8. The molecule has 0 radical (unpaired) electrons. The second-order valence-corrected chi connectivity index (χ2v) is 5.75. The number of halogens is 1. The van der Waals surface area contributed by atoms with Crippen LogP contribution in [0.5, 0.6) is 0 Å². The second kappa shape index (κ2) is 6.25. The van der Waals surface area contributed by atoms with Gasteiger partial charge in [0.2, 0.25) is 0 Å². The molecule has 0 saturated heterocycles. The molecular formula is C16H24FN3. The van der Waals surface area contributed by atoms with E-state index in [2.05, 4.69) is 29.5 Å². The Kier molecular flexibility index (Phi) is 4.63. The van der Waals surface area contributed by atoms with Gasteiger partial charge >= 0.3 is 0 Å². The van der Waals surface area contributed by atoms with Gasteiger partial charge < -0.3 is 10.6 Å². The molecule has 0 amide bonds. The van der Waals surface area contributed by atoms with E-state index in [-0.39, 0.29) is 11.2 Å². The molecule has 0 atom stereocenters. The predicted molar refractivity (Wildman–Crippen MR) is 81.6 cm³/mol. The molecule has 4 heteroatoms. The average Bonchev–Trinajstić information content (AvgIpc) is 3.17. The van der Waals surface area contributed by atoms with Crippen molar-refractivity contribution >= 4 is 5.96 Å². The second-order valence-electron chi connectivity index (χ2n) is 5.75. The van der Waals surface area contributed by atoms with Gasteiger partial charge in [0.25, 0.3) is 0 Å². The predicted octanol–water partition coefficient (Wildman–Crippen LogP) is 2.82. The summed E-state index contributed by atoms with van der Waals surface area (Å²) in [7, 11) is 0. The maximum absolute atomic E-state index is 13.9. The maximum atomic E-state index is 13.9. The van der Waals surface area contributed by atoms with Crippen molar-refractivity contribution in [2.24, 2.45) is 4.99 Å². The van der Waals surface area contributed by atoms with Crippen molar-refractivity contribution in [3.05, 3.63) is 35.6 Å². The van der Waals surface area contributed by atoms with E-state index in [1.54, 1.807) is 6.07 Å². The minimum Gasteiger partial charge on any atom is -0.357 e. The number of aliphatic imine (C=N–C) groups is 1. The van der Waals surface area contributed by atoms with Crippen molar-refractivity contribution in [2.45, 2.75) is 45.1 Å². The summed E-state index contributed by atoms with van der Waals surface area (Å²) in [4.78, 5) is 4.63. The maximum Gasteiger partial charge on any atom is 0.191 e. The Bertz CT molecular complexity index is 478. The van der Waals surface area contributed by atoms with Crippen LogP contribution in [0.25, 0.3) is 0 Å². The number of benzene rings is 1. The van der Waals surface area contributed by atoms with Gasteiger partial charge in [-0.05, 0) is 45.2 Å². The standard InChI is InChI=1S/C16H24FN3/c1-4-18-15(20-12(2)3)19-11-16(9-10-16)13-7-5-6-8-14(13)17/h5-8,12H,4,9-11H2,1-3H3,(H2,18,19,20). The van der Waals surface area contributed by atoms with E-state index < -0.39 is 0 Å². The number of nitrogens with one attached hydrogen (secondary N) is 2. The normalized spacial score (nSPS) is 17.1. The molecule has 110 valence electrons. The van der Waals surface area contributed by atoms with E-state index >= 15 is 0 Å². The Morgan fingerprint density at radius 1 is 1.35 bits per heavy atom. The first-order chi connectivity index (χ1) is 9.57. The van der Waals surface area contributed by atoms with Crippen LogP contribution in [0, 0.1) is 5.82 Å². The van der Waals surface area contributed by atoms with Crippen LogP contribution in [0.1, 0.15) is 39.2 Å². The van der Waals surface area contributed by atoms with Gasteiger partial charge in [0.05, 0.1) is 6.54 Å². The Morgan fingerprint density at radius 2 is 2.05 bits per heavy atom. The highest BCUT2D eigenvalue weighted by Gasteiger charge is 2.45. The van der Waals surface area contributed by atoms with Crippen molar-refractivity contribution < 1.29 is 4.39 Å². The molecule has 0 heterocycles. The fraction of sp³-hybridized carbons (Fsp3) is 0.562. The molecule has 2 rings (SSSR count). The quantitative estimate of drug-likeness (QED) is 0.641. The zero-order valence-electron chi connectivity index (χ0n) is 12.5. The van der Waals surface area contributed by atoms with Crippen LogP contribution in [0.15, 0.2) is 29.3 Å². The number of nitrogens with zero attached hydrogens (tertiary/aromatic N) is 1. The lowest BCUT2D eigenvalue weighted by atomic mass is 9.95. The van der Waals surface area contributed by atoms with Crippen molar-refractivity contribution in [1.29, 1.82) is 0 Å². The van der Waals surface area contributed by atoms with Gasteiger partial charge in [0.15, 0.2) is 5.96 Å².